The number of hydrogen-bond acceptors (Lipinski definition) is 7. The number of urea groups is 1. The number of aryl methyl sites for hydroxylation is 1. The van der Waals surface area contributed by atoms with Crippen LogP contribution in [0.25, 0.3) is 5.65 Å². The van der Waals surface area contributed by atoms with Gasteiger partial charge in [0.15, 0.2) is 16.6 Å². The van der Waals surface area contributed by atoms with Crippen LogP contribution in [0.5, 0.6) is 5.88 Å². The van der Waals surface area contributed by atoms with Crippen molar-refractivity contribution in [2.75, 3.05) is 25.5 Å². The van der Waals surface area contributed by atoms with Gasteiger partial charge in [0, 0.05) is 36.1 Å². The second kappa shape index (κ2) is 6.87. The van der Waals surface area contributed by atoms with Crippen molar-refractivity contribution in [1.29, 1.82) is 0 Å². The van der Waals surface area contributed by atoms with Crippen molar-refractivity contribution in [3.63, 3.8) is 0 Å². The first-order valence-corrected chi connectivity index (χ1v) is 9.20. The number of carbonyl (C=O) groups is 1. The fourth-order valence-electron chi connectivity index (χ4n) is 3.08. The van der Waals surface area contributed by atoms with Gasteiger partial charge in [-0.2, -0.15) is 4.52 Å². The zero-order chi connectivity index (χ0) is 18.1. The summed E-state index contributed by atoms with van der Waals surface area (Å²) < 4.78 is 6.92. The lowest BCUT2D eigenvalue weighted by Gasteiger charge is -2.30. The van der Waals surface area contributed by atoms with Crippen molar-refractivity contribution in [2.45, 2.75) is 25.7 Å². The fraction of sp³-hybridized carbons (Fsp3) is 0.438. The van der Waals surface area contributed by atoms with E-state index in [1.807, 2.05) is 17.9 Å². The molecule has 0 aromatic carbocycles. The van der Waals surface area contributed by atoms with E-state index in [9.17, 15) is 4.79 Å². The van der Waals surface area contributed by atoms with Crippen molar-refractivity contribution >= 4 is 28.1 Å². The molecule has 4 rings (SSSR count). The molecule has 1 saturated heterocycles. The molecule has 10 heteroatoms. The number of ether oxygens (including phenoxy) is 1. The molecule has 0 aliphatic carbocycles. The van der Waals surface area contributed by atoms with E-state index in [0.29, 0.717) is 29.7 Å². The summed E-state index contributed by atoms with van der Waals surface area (Å²) in [5, 5.41) is 16.4. The van der Waals surface area contributed by atoms with E-state index in [2.05, 4.69) is 25.6 Å². The number of carbonyl (C=O) groups excluding carboxylic acids is 1. The Labute approximate surface area is 154 Å². The molecule has 0 spiro atoms. The minimum Gasteiger partial charge on any atom is -0.480 e. The van der Waals surface area contributed by atoms with Gasteiger partial charge in [-0.05, 0) is 25.8 Å². The highest BCUT2D eigenvalue weighted by Crippen LogP contribution is 2.28. The lowest BCUT2D eigenvalue weighted by Crippen LogP contribution is -2.40. The number of piperidine rings is 1. The number of aromatic nitrogens is 5. The van der Waals surface area contributed by atoms with Gasteiger partial charge < -0.3 is 9.64 Å². The molecule has 3 aromatic rings. The van der Waals surface area contributed by atoms with Gasteiger partial charge in [-0.25, -0.2) is 9.78 Å². The van der Waals surface area contributed by atoms with E-state index in [0.717, 1.165) is 23.5 Å². The van der Waals surface area contributed by atoms with E-state index in [1.54, 1.807) is 23.9 Å². The Morgan fingerprint density at radius 2 is 2.12 bits per heavy atom. The standard InChI is InChI=1S/C16H19N7O2S/c1-10-9-17-15(26-10)18-16(24)22-7-5-11(6-8-22)14-20-19-12-3-4-13(25-2)21-23(12)14/h3-4,9,11H,5-8H2,1-2H3,(H,17,18,24). The third-order valence-electron chi connectivity index (χ3n) is 4.45. The number of rotatable bonds is 3. The fourth-order valence-corrected chi connectivity index (χ4v) is 3.73. The minimum absolute atomic E-state index is 0.108. The zero-order valence-electron chi connectivity index (χ0n) is 14.5. The molecule has 0 radical (unpaired) electrons. The van der Waals surface area contributed by atoms with Crippen LogP contribution in [0.4, 0.5) is 9.93 Å². The lowest BCUT2D eigenvalue weighted by molar-refractivity contribution is 0.193. The molecular formula is C16H19N7O2S. The number of hydrogen-bond donors (Lipinski definition) is 1. The van der Waals surface area contributed by atoms with E-state index in [1.165, 1.54) is 11.3 Å². The molecule has 2 amide bonds. The smallest absolute Gasteiger partial charge is 0.323 e. The maximum atomic E-state index is 12.4. The maximum absolute atomic E-state index is 12.4. The number of thiazole rings is 1. The van der Waals surface area contributed by atoms with Gasteiger partial charge in [0.25, 0.3) is 0 Å². The van der Waals surface area contributed by atoms with Crippen molar-refractivity contribution in [3.05, 3.63) is 29.0 Å². The van der Waals surface area contributed by atoms with Crippen LogP contribution >= 0.6 is 11.3 Å². The van der Waals surface area contributed by atoms with Crippen LogP contribution in [-0.2, 0) is 0 Å². The summed E-state index contributed by atoms with van der Waals surface area (Å²) in [7, 11) is 1.58. The highest BCUT2D eigenvalue weighted by atomic mass is 32.1. The first kappa shape index (κ1) is 16.7. The van der Waals surface area contributed by atoms with E-state index in [4.69, 9.17) is 4.74 Å². The molecule has 1 aliphatic rings. The van der Waals surface area contributed by atoms with E-state index in [-0.39, 0.29) is 11.9 Å². The van der Waals surface area contributed by atoms with Gasteiger partial charge >= 0.3 is 6.03 Å². The van der Waals surface area contributed by atoms with Crippen LogP contribution < -0.4 is 10.1 Å². The average Bonchev–Trinajstić information content (AvgIpc) is 3.27. The van der Waals surface area contributed by atoms with Crippen molar-refractivity contribution in [1.82, 2.24) is 29.7 Å². The Morgan fingerprint density at radius 3 is 2.81 bits per heavy atom. The zero-order valence-corrected chi connectivity index (χ0v) is 15.4. The predicted octanol–water partition coefficient (Wildman–Crippen LogP) is 2.31. The van der Waals surface area contributed by atoms with Crippen molar-refractivity contribution in [3.8, 4) is 5.88 Å². The molecule has 1 fully saturated rings. The summed E-state index contributed by atoms with van der Waals surface area (Å²) in [5.41, 5.74) is 0.695. The molecule has 4 heterocycles. The Morgan fingerprint density at radius 1 is 1.31 bits per heavy atom. The van der Waals surface area contributed by atoms with Crippen molar-refractivity contribution < 1.29 is 9.53 Å². The first-order chi connectivity index (χ1) is 12.6. The molecule has 0 saturated carbocycles. The molecule has 3 aromatic heterocycles. The van der Waals surface area contributed by atoms with Crippen LogP contribution in [0.15, 0.2) is 18.3 Å². The van der Waals surface area contributed by atoms with E-state index >= 15 is 0 Å². The highest BCUT2D eigenvalue weighted by molar-refractivity contribution is 7.15. The second-order valence-electron chi connectivity index (χ2n) is 6.17. The topological polar surface area (TPSA) is 97.5 Å². The Hall–Kier alpha value is -2.75. The molecule has 1 aliphatic heterocycles. The molecule has 9 nitrogen and oxygen atoms in total. The predicted molar refractivity (Wildman–Crippen MR) is 96.8 cm³/mol. The Bertz CT molecular complexity index is 930. The number of anilines is 1. The van der Waals surface area contributed by atoms with Gasteiger partial charge in [-0.1, -0.05) is 0 Å². The average molecular weight is 373 g/mol. The van der Waals surface area contributed by atoms with E-state index < -0.39 is 0 Å². The molecule has 136 valence electrons. The largest absolute Gasteiger partial charge is 0.480 e. The number of methoxy groups -OCH3 is 1. The third kappa shape index (κ3) is 3.19. The summed E-state index contributed by atoms with van der Waals surface area (Å²) in [6.45, 7) is 3.27. The van der Waals surface area contributed by atoms with Crippen LogP contribution in [-0.4, -0.2) is 55.9 Å². The number of fused-ring (bicyclic) bond motifs is 1. The Balaban J connectivity index is 1.42. The van der Waals surface area contributed by atoms with Gasteiger partial charge in [0.05, 0.1) is 7.11 Å². The van der Waals surface area contributed by atoms with Gasteiger partial charge in [0.1, 0.15) is 0 Å². The van der Waals surface area contributed by atoms with Crippen LogP contribution in [0, 0.1) is 6.92 Å². The van der Waals surface area contributed by atoms with Gasteiger partial charge in [0.2, 0.25) is 5.88 Å². The van der Waals surface area contributed by atoms with Crippen LogP contribution in [0.2, 0.25) is 0 Å². The molecule has 26 heavy (non-hydrogen) atoms. The molecule has 0 unspecified atom stereocenters. The first-order valence-electron chi connectivity index (χ1n) is 8.39. The molecule has 0 bridgehead atoms. The summed E-state index contributed by atoms with van der Waals surface area (Å²) in [6.07, 6.45) is 3.37. The number of nitrogens with one attached hydrogen (secondary N) is 1. The molecule has 0 atom stereocenters. The number of likely N-dealkylation sites (tertiary alicyclic amines) is 1. The normalized spacial score (nSPS) is 15.4. The maximum Gasteiger partial charge on any atom is 0.323 e. The SMILES string of the molecule is COc1ccc2nnc(C3CCN(C(=O)Nc4ncc(C)s4)CC3)n2n1. The quantitative estimate of drug-likeness (QED) is 0.757. The third-order valence-corrected chi connectivity index (χ3v) is 5.28. The molecular weight excluding hydrogens is 354 g/mol. The number of nitrogens with zero attached hydrogens (tertiary/aromatic N) is 6. The summed E-state index contributed by atoms with van der Waals surface area (Å²) in [5.74, 6) is 1.54. The van der Waals surface area contributed by atoms with Crippen LogP contribution in [0.3, 0.4) is 0 Å². The number of amides is 2. The minimum atomic E-state index is -0.108. The van der Waals surface area contributed by atoms with Crippen molar-refractivity contribution in [2.24, 2.45) is 0 Å². The Kier molecular flexibility index (Phi) is 4.41. The molecule has 1 N–H and O–H groups in total. The van der Waals surface area contributed by atoms with Gasteiger partial charge in [-0.15, -0.1) is 26.6 Å². The second-order valence-corrected chi connectivity index (χ2v) is 7.41. The summed E-state index contributed by atoms with van der Waals surface area (Å²) in [6, 6.07) is 3.49. The summed E-state index contributed by atoms with van der Waals surface area (Å²) in [4.78, 5) is 19.4. The van der Waals surface area contributed by atoms with Crippen LogP contribution in [0.1, 0.15) is 29.5 Å². The summed E-state index contributed by atoms with van der Waals surface area (Å²) >= 11 is 1.47. The monoisotopic (exact) mass is 373 g/mol. The van der Waals surface area contributed by atoms with Gasteiger partial charge in [-0.3, -0.25) is 5.32 Å². The highest BCUT2D eigenvalue weighted by Gasteiger charge is 2.27. The lowest BCUT2D eigenvalue weighted by atomic mass is 9.96.